The van der Waals surface area contributed by atoms with E-state index >= 15 is 0 Å². The van der Waals surface area contributed by atoms with E-state index < -0.39 is 23.5 Å². The number of hydrogen-bond donors (Lipinski definition) is 1. The van der Waals surface area contributed by atoms with Crippen molar-refractivity contribution in [2.75, 3.05) is 0 Å². The van der Waals surface area contributed by atoms with Gasteiger partial charge in [-0.15, -0.1) is 0 Å². The van der Waals surface area contributed by atoms with Crippen LogP contribution in [-0.2, 0) is 6.18 Å². The van der Waals surface area contributed by atoms with Gasteiger partial charge >= 0.3 is 12.1 Å². The molecule has 0 unspecified atom stereocenters. The Hall–Kier alpha value is -2.09. The second-order valence-electron chi connectivity index (χ2n) is 3.93. The van der Waals surface area contributed by atoms with Gasteiger partial charge in [-0.25, -0.2) is 14.2 Å². The van der Waals surface area contributed by atoms with Crippen LogP contribution >= 0.6 is 11.8 Å². The average Bonchev–Trinajstić information content (AvgIpc) is 2.40. The summed E-state index contributed by atoms with van der Waals surface area (Å²) in [5, 5.41) is 8.99. The zero-order valence-corrected chi connectivity index (χ0v) is 11.0. The van der Waals surface area contributed by atoms with Crippen molar-refractivity contribution in [3.8, 4) is 0 Å². The Labute approximate surface area is 120 Å². The van der Waals surface area contributed by atoms with Gasteiger partial charge in [0.2, 0.25) is 0 Å². The minimum Gasteiger partial charge on any atom is -0.478 e. The molecule has 110 valence electrons. The fourth-order valence-corrected chi connectivity index (χ4v) is 2.29. The first kappa shape index (κ1) is 15.3. The van der Waals surface area contributed by atoms with Crippen molar-refractivity contribution in [3.63, 3.8) is 0 Å². The monoisotopic (exact) mass is 317 g/mol. The number of carboxylic acid groups (broad SMARTS) is 1. The van der Waals surface area contributed by atoms with Crippen LogP contribution in [0.2, 0.25) is 0 Å². The van der Waals surface area contributed by atoms with Crippen LogP contribution in [0.3, 0.4) is 0 Å². The smallest absolute Gasteiger partial charge is 0.416 e. The average molecular weight is 317 g/mol. The highest BCUT2D eigenvalue weighted by Crippen LogP contribution is 2.34. The van der Waals surface area contributed by atoms with Gasteiger partial charge in [0.25, 0.3) is 0 Å². The van der Waals surface area contributed by atoms with Gasteiger partial charge < -0.3 is 5.11 Å². The molecule has 3 nitrogen and oxygen atoms in total. The summed E-state index contributed by atoms with van der Waals surface area (Å²) in [6, 6.07) is 4.60. The van der Waals surface area contributed by atoms with Crippen LogP contribution in [0.1, 0.15) is 15.9 Å². The van der Waals surface area contributed by atoms with E-state index in [9.17, 15) is 22.4 Å². The number of hydrogen-bond acceptors (Lipinski definition) is 3. The standard InChI is InChI=1S/C13H7F4NO2S/c14-9-6-8(13(15,16)17)1-2-10(9)21-11-5-7(12(19)20)3-4-18-11/h1-6H,(H,19,20). The molecule has 0 atom stereocenters. The Bertz CT molecular complexity index is 688. The molecule has 1 N–H and O–H groups in total. The van der Waals surface area contributed by atoms with Gasteiger partial charge in [0.15, 0.2) is 0 Å². The Balaban J connectivity index is 2.28. The number of nitrogens with zero attached hydrogens (tertiary/aromatic N) is 1. The van der Waals surface area contributed by atoms with Crippen molar-refractivity contribution in [3.05, 3.63) is 53.5 Å². The van der Waals surface area contributed by atoms with E-state index in [0.29, 0.717) is 6.07 Å². The molecule has 2 aromatic rings. The maximum atomic E-state index is 13.7. The lowest BCUT2D eigenvalue weighted by molar-refractivity contribution is -0.137. The van der Waals surface area contributed by atoms with Gasteiger partial charge in [-0.05, 0) is 30.3 Å². The van der Waals surface area contributed by atoms with Gasteiger partial charge in [0, 0.05) is 11.1 Å². The Morgan fingerprint density at radius 2 is 1.90 bits per heavy atom. The lowest BCUT2D eigenvalue weighted by atomic mass is 10.2. The molecule has 0 spiro atoms. The van der Waals surface area contributed by atoms with Gasteiger partial charge in [-0.2, -0.15) is 13.2 Å². The highest BCUT2D eigenvalue weighted by Gasteiger charge is 2.31. The van der Waals surface area contributed by atoms with E-state index in [4.69, 9.17) is 5.11 Å². The topological polar surface area (TPSA) is 50.2 Å². The molecule has 0 saturated carbocycles. The summed E-state index contributed by atoms with van der Waals surface area (Å²) >= 11 is 0.748. The van der Waals surface area contributed by atoms with E-state index in [1.165, 1.54) is 18.3 Å². The predicted molar refractivity (Wildman–Crippen MR) is 66.7 cm³/mol. The third kappa shape index (κ3) is 3.72. The number of alkyl halides is 3. The lowest BCUT2D eigenvalue weighted by Crippen LogP contribution is -2.05. The second-order valence-corrected chi connectivity index (χ2v) is 5.00. The molecule has 1 heterocycles. The molecule has 0 saturated heterocycles. The summed E-state index contributed by atoms with van der Waals surface area (Å²) in [5.41, 5.74) is -1.13. The molecule has 21 heavy (non-hydrogen) atoms. The molecule has 0 aliphatic carbocycles. The number of carboxylic acids is 1. The minimum absolute atomic E-state index is 0.0418. The minimum atomic E-state index is -4.62. The van der Waals surface area contributed by atoms with Crippen molar-refractivity contribution in [2.24, 2.45) is 0 Å². The summed E-state index contributed by atoms with van der Waals surface area (Å²) in [7, 11) is 0. The predicted octanol–water partition coefficient (Wildman–Crippen LogP) is 4.09. The van der Waals surface area contributed by atoms with E-state index in [-0.39, 0.29) is 15.5 Å². The van der Waals surface area contributed by atoms with Crippen molar-refractivity contribution >= 4 is 17.7 Å². The molecule has 2 rings (SSSR count). The fourth-order valence-electron chi connectivity index (χ4n) is 1.47. The molecule has 8 heteroatoms. The van der Waals surface area contributed by atoms with Crippen molar-refractivity contribution < 1.29 is 27.5 Å². The summed E-state index contributed by atoms with van der Waals surface area (Å²) in [6.07, 6.45) is -3.39. The van der Waals surface area contributed by atoms with E-state index in [1.54, 1.807) is 0 Å². The number of aromatic nitrogens is 1. The van der Waals surface area contributed by atoms with Crippen LogP contribution in [0.25, 0.3) is 0 Å². The first-order chi connectivity index (χ1) is 9.77. The molecule has 0 fully saturated rings. The van der Waals surface area contributed by atoms with Crippen molar-refractivity contribution in [2.45, 2.75) is 16.1 Å². The summed E-state index contributed by atoms with van der Waals surface area (Å²) in [5.74, 6) is -2.22. The first-order valence-electron chi connectivity index (χ1n) is 5.51. The molecule has 1 aromatic heterocycles. The van der Waals surface area contributed by atoms with Crippen LogP contribution in [0.15, 0.2) is 46.5 Å². The van der Waals surface area contributed by atoms with Crippen LogP contribution < -0.4 is 0 Å². The van der Waals surface area contributed by atoms with Crippen molar-refractivity contribution in [1.29, 1.82) is 0 Å². The highest BCUT2D eigenvalue weighted by molar-refractivity contribution is 7.99. The second kappa shape index (κ2) is 5.72. The number of aromatic carboxylic acids is 1. The zero-order valence-electron chi connectivity index (χ0n) is 10.2. The fraction of sp³-hybridized carbons (Fsp3) is 0.0769. The van der Waals surface area contributed by atoms with Crippen LogP contribution in [0.5, 0.6) is 0 Å². The first-order valence-corrected chi connectivity index (χ1v) is 6.33. The Morgan fingerprint density at radius 1 is 1.19 bits per heavy atom. The largest absolute Gasteiger partial charge is 0.478 e. The molecule has 0 aliphatic heterocycles. The maximum Gasteiger partial charge on any atom is 0.416 e. The Kier molecular flexibility index (Phi) is 4.17. The third-order valence-corrected chi connectivity index (χ3v) is 3.44. The molecule has 0 radical (unpaired) electrons. The number of carbonyl (C=O) groups is 1. The molecular formula is C13H7F4NO2S. The molecule has 0 bridgehead atoms. The molecule has 0 amide bonds. The molecule has 0 aliphatic rings. The van der Waals surface area contributed by atoms with Gasteiger partial charge in [0.1, 0.15) is 10.8 Å². The number of pyridine rings is 1. The SMILES string of the molecule is O=C(O)c1ccnc(Sc2ccc(C(F)(F)F)cc2F)c1. The highest BCUT2D eigenvalue weighted by atomic mass is 32.2. The van der Waals surface area contributed by atoms with Crippen LogP contribution in [-0.4, -0.2) is 16.1 Å². The van der Waals surface area contributed by atoms with Crippen molar-refractivity contribution in [1.82, 2.24) is 4.98 Å². The zero-order chi connectivity index (χ0) is 15.6. The summed E-state index contributed by atoms with van der Waals surface area (Å²) in [4.78, 5) is 14.6. The lowest BCUT2D eigenvalue weighted by Gasteiger charge is -2.08. The maximum absolute atomic E-state index is 13.7. The number of halogens is 4. The van der Waals surface area contributed by atoms with Gasteiger partial charge in [0.05, 0.1) is 11.1 Å². The normalized spacial score (nSPS) is 11.4. The summed E-state index contributed by atoms with van der Waals surface area (Å²) < 4.78 is 50.9. The Morgan fingerprint density at radius 3 is 2.48 bits per heavy atom. The molecule has 1 aromatic carbocycles. The third-order valence-electron chi connectivity index (χ3n) is 2.46. The van der Waals surface area contributed by atoms with Gasteiger partial charge in [-0.3, -0.25) is 0 Å². The van der Waals surface area contributed by atoms with Gasteiger partial charge in [-0.1, -0.05) is 11.8 Å². The van der Waals surface area contributed by atoms with Crippen LogP contribution in [0.4, 0.5) is 17.6 Å². The molecular weight excluding hydrogens is 310 g/mol. The number of benzene rings is 1. The van der Waals surface area contributed by atoms with Crippen LogP contribution in [0, 0.1) is 5.82 Å². The van der Waals surface area contributed by atoms with E-state index in [1.807, 2.05) is 0 Å². The van der Waals surface area contributed by atoms with E-state index in [2.05, 4.69) is 4.98 Å². The number of rotatable bonds is 3. The quantitative estimate of drug-likeness (QED) is 0.866. The summed E-state index contributed by atoms with van der Waals surface area (Å²) in [6.45, 7) is 0. The van der Waals surface area contributed by atoms with E-state index in [0.717, 1.165) is 23.9 Å².